The van der Waals surface area contributed by atoms with E-state index in [1.165, 1.54) is 6.21 Å². The van der Waals surface area contributed by atoms with Crippen molar-refractivity contribution < 1.29 is 9.59 Å². The van der Waals surface area contributed by atoms with E-state index in [0.717, 1.165) is 12.8 Å². The van der Waals surface area contributed by atoms with Crippen LogP contribution in [0.3, 0.4) is 0 Å². The van der Waals surface area contributed by atoms with E-state index in [0.29, 0.717) is 10.6 Å². The molecule has 1 saturated carbocycles. The van der Waals surface area contributed by atoms with Crippen LogP contribution in [0, 0.1) is 0 Å². The summed E-state index contributed by atoms with van der Waals surface area (Å²) in [5, 5.41) is 6.77. The number of benzene rings is 1. The van der Waals surface area contributed by atoms with Crippen molar-refractivity contribution in [3.63, 3.8) is 0 Å². The average Bonchev–Trinajstić information content (AvgIpc) is 3.15. The number of carbonyl (C=O) groups is 2. The number of hydrogen-bond donors (Lipinski definition) is 2. The molecule has 2 rings (SSSR count). The summed E-state index contributed by atoms with van der Waals surface area (Å²) in [5.74, 6) is -1.43. The molecule has 0 radical (unpaired) electrons. The smallest absolute Gasteiger partial charge is 0.329 e. The summed E-state index contributed by atoms with van der Waals surface area (Å²) in [6.45, 7) is 0. The summed E-state index contributed by atoms with van der Waals surface area (Å²) in [5.41, 5.74) is 2.82. The van der Waals surface area contributed by atoms with Crippen LogP contribution in [0.4, 0.5) is 0 Å². The zero-order valence-electron chi connectivity index (χ0n) is 9.52. The van der Waals surface area contributed by atoms with Gasteiger partial charge in [0.05, 0.1) is 6.21 Å². The first-order valence-corrected chi connectivity index (χ1v) is 5.93. The Bertz CT molecular complexity index is 498. The van der Waals surface area contributed by atoms with E-state index in [-0.39, 0.29) is 6.04 Å². The van der Waals surface area contributed by atoms with Crippen LogP contribution in [-0.2, 0) is 9.59 Å². The Morgan fingerprint density at radius 1 is 1.28 bits per heavy atom. The Balaban J connectivity index is 1.85. The predicted molar refractivity (Wildman–Crippen MR) is 68.4 cm³/mol. The second-order valence-electron chi connectivity index (χ2n) is 3.97. The van der Waals surface area contributed by atoms with Crippen LogP contribution in [0.5, 0.6) is 0 Å². The fraction of sp³-hybridized carbons (Fsp3) is 0.250. The van der Waals surface area contributed by atoms with Gasteiger partial charge in [-0.25, -0.2) is 5.43 Å². The molecule has 94 valence electrons. The molecule has 2 N–H and O–H groups in total. The molecule has 0 heterocycles. The molecule has 5 nitrogen and oxygen atoms in total. The van der Waals surface area contributed by atoms with Gasteiger partial charge >= 0.3 is 11.8 Å². The van der Waals surface area contributed by atoms with Crippen LogP contribution in [0.1, 0.15) is 18.4 Å². The Kier molecular flexibility index (Phi) is 3.94. The van der Waals surface area contributed by atoms with Crippen LogP contribution >= 0.6 is 11.6 Å². The largest absolute Gasteiger partial charge is 0.345 e. The molecule has 1 fully saturated rings. The Labute approximate surface area is 109 Å². The molecule has 0 saturated heterocycles. The van der Waals surface area contributed by atoms with E-state index >= 15 is 0 Å². The third-order valence-electron chi connectivity index (χ3n) is 2.39. The van der Waals surface area contributed by atoms with Crippen molar-refractivity contribution in [2.45, 2.75) is 18.9 Å². The molecule has 6 heteroatoms. The van der Waals surface area contributed by atoms with Gasteiger partial charge in [0.25, 0.3) is 0 Å². The molecular formula is C12H12ClN3O2. The van der Waals surface area contributed by atoms with Crippen molar-refractivity contribution >= 4 is 29.6 Å². The highest BCUT2D eigenvalue weighted by molar-refractivity contribution is 6.35. The molecule has 1 aromatic carbocycles. The number of hydrazone groups is 1. The van der Waals surface area contributed by atoms with Crippen molar-refractivity contribution in [2.75, 3.05) is 0 Å². The average molecular weight is 266 g/mol. The lowest BCUT2D eigenvalue weighted by Gasteiger charge is -2.01. The van der Waals surface area contributed by atoms with Gasteiger partial charge in [-0.15, -0.1) is 0 Å². The minimum Gasteiger partial charge on any atom is -0.345 e. The molecule has 0 atom stereocenters. The molecule has 1 aliphatic rings. The Hall–Kier alpha value is -1.88. The van der Waals surface area contributed by atoms with Gasteiger partial charge in [0.15, 0.2) is 0 Å². The number of rotatable bonds is 3. The highest BCUT2D eigenvalue weighted by Gasteiger charge is 2.26. The summed E-state index contributed by atoms with van der Waals surface area (Å²) in [7, 11) is 0. The number of halogens is 1. The summed E-state index contributed by atoms with van der Waals surface area (Å²) >= 11 is 5.90. The van der Waals surface area contributed by atoms with Crippen molar-refractivity contribution in [1.29, 1.82) is 0 Å². The van der Waals surface area contributed by atoms with Crippen molar-refractivity contribution in [3.05, 3.63) is 34.9 Å². The first-order valence-electron chi connectivity index (χ1n) is 5.55. The van der Waals surface area contributed by atoms with Gasteiger partial charge in [-0.3, -0.25) is 9.59 Å². The first-order chi connectivity index (χ1) is 8.66. The second-order valence-corrected chi connectivity index (χ2v) is 4.38. The molecule has 1 aromatic rings. The highest BCUT2D eigenvalue weighted by atomic mass is 35.5. The van der Waals surface area contributed by atoms with Crippen LogP contribution in [0.15, 0.2) is 29.4 Å². The molecule has 0 aromatic heterocycles. The van der Waals surface area contributed by atoms with Crippen LogP contribution in [0.25, 0.3) is 0 Å². The zero-order valence-corrected chi connectivity index (χ0v) is 10.3. The topological polar surface area (TPSA) is 70.6 Å². The first kappa shape index (κ1) is 12.6. The summed E-state index contributed by atoms with van der Waals surface area (Å²) < 4.78 is 0. The molecular weight excluding hydrogens is 254 g/mol. The minimum absolute atomic E-state index is 0.149. The molecule has 0 bridgehead atoms. The standard InChI is InChI=1S/C12H12ClN3O2/c13-10-4-2-1-3-8(10)7-14-16-12(18)11(17)15-9-5-6-9/h1-4,7,9H,5-6H2,(H,15,17)(H,16,18)/b14-7-. The van der Waals surface area contributed by atoms with Crippen LogP contribution in [0.2, 0.25) is 5.02 Å². The molecule has 18 heavy (non-hydrogen) atoms. The van der Waals surface area contributed by atoms with E-state index < -0.39 is 11.8 Å². The van der Waals surface area contributed by atoms with E-state index in [1.807, 2.05) is 0 Å². The maximum absolute atomic E-state index is 11.3. The van der Waals surface area contributed by atoms with E-state index in [9.17, 15) is 9.59 Å². The zero-order chi connectivity index (χ0) is 13.0. The normalized spacial score (nSPS) is 14.5. The predicted octanol–water partition coefficient (Wildman–Crippen LogP) is 1.07. The van der Waals surface area contributed by atoms with Gasteiger partial charge in [0, 0.05) is 16.6 Å². The Morgan fingerprint density at radius 3 is 2.67 bits per heavy atom. The van der Waals surface area contributed by atoms with Crippen LogP contribution in [-0.4, -0.2) is 24.1 Å². The highest BCUT2D eigenvalue weighted by Crippen LogP contribution is 2.18. The maximum atomic E-state index is 11.3. The quantitative estimate of drug-likeness (QED) is 0.488. The fourth-order valence-electron chi connectivity index (χ4n) is 1.27. The number of nitrogens with one attached hydrogen (secondary N) is 2. The maximum Gasteiger partial charge on any atom is 0.329 e. The second kappa shape index (κ2) is 5.64. The third kappa shape index (κ3) is 3.56. The van der Waals surface area contributed by atoms with E-state index in [4.69, 9.17) is 11.6 Å². The summed E-state index contributed by atoms with van der Waals surface area (Å²) in [4.78, 5) is 22.6. The monoisotopic (exact) mass is 265 g/mol. The van der Waals surface area contributed by atoms with Gasteiger partial charge in [0.2, 0.25) is 0 Å². The number of nitrogens with zero attached hydrogens (tertiary/aromatic N) is 1. The van der Waals surface area contributed by atoms with E-state index in [1.54, 1.807) is 24.3 Å². The summed E-state index contributed by atoms with van der Waals surface area (Å²) in [6, 6.07) is 7.21. The number of amides is 2. The fourth-order valence-corrected chi connectivity index (χ4v) is 1.45. The third-order valence-corrected chi connectivity index (χ3v) is 2.74. The lowest BCUT2D eigenvalue weighted by molar-refractivity contribution is -0.139. The Morgan fingerprint density at radius 2 is 2.00 bits per heavy atom. The SMILES string of the molecule is O=C(N/N=C\c1ccccc1Cl)C(=O)NC1CC1. The molecule has 1 aliphatic carbocycles. The van der Waals surface area contributed by atoms with Gasteiger partial charge < -0.3 is 5.32 Å². The lowest BCUT2D eigenvalue weighted by Crippen LogP contribution is -2.38. The van der Waals surface area contributed by atoms with Crippen LogP contribution < -0.4 is 10.7 Å². The van der Waals surface area contributed by atoms with Crippen molar-refractivity contribution in [2.24, 2.45) is 5.10 Å². The van der Waals surface area contributed by atoms with Gasteiger partial charge in [0.1, 0.15) is 0 Å². The molecule has 0 spiro atoms. The molecule has 2 amide bonds. The number of carbonyl (C=O) groups excluding carboxylic acids is 2. The number of hydrogen-bond acceptors (Lipinski definition) is 3. The van der Waals surface area contributed by atoms with Gasteiger partial charge in [-0.1, -0.05) is 29.8 Å². The van der Waals surface area contributed by atoms with Crippen molar-refractivity contribution in [1.82, 2.24) is 10.7 Å². The minimum atomic E-state index is -0.773. The molecule has 0 aliphatic heterocycles. The molecule has 0 unspecified atom stereocenters. The van der Waals surface area contributed by atoms with Crippen molar-refractivity contribution in [3.8, 4) is 0 Å². The van der Waals surface area contributed by atoms with E-state index in [2.05, 4.69) is 15.8 Å². The summed E-state index contributed by atoms with van der Waals surface area (Å²) in [6.07, 6.45) is 3.26. The van der Waals surface area contributed by atoms with Gasteiger partial charge in [-0.2, -0.15) is 5.10 Å². The van der Waals surface area contributed by atoms with Gasteiger partial charge in [-0.05, 0) is 18.9 Å². The lowest BCUT2D eigenvalue weighted by atomic mass is 10.2.